The first-order valence-electron chi connectivity index (χ1n) is 6.54. The van der Waals surface area contributed by atoms with Gasteiger partial charge in [0.25, 0.3) is 0 Å². The Kier molecular flexibility index (Phi) is 4.04. The van der Waals surface area contributed by atoms with Crippen LogP contribution in [-0.4, -0.2) is 23.5 Å². The van der Waals surface area contributed by atoms with Crippen LogP contribution in [0.3, 0.4) is 0 Å². The fourth-order valence-corrected chi connectivity index (χ4v) is 2.98. The molecule has 1 heterocycles. The van der Waals surface area contributed by atoms with Crippen LogP contribution < -0.4 is 5.73 Å². The van der Waals surface area contributed by atoms with E-state index in [-0.39, 0.29) is 28.8 Å². The second-order valence-electron chi connectivity index (χ2n) is 6.71. The van der Waals surface area contributed by atoms with Crippen LogP contribution in [0.1, 0.15) is 48.0 Å². The highest BCUT2D eigenvalue weighted by atomic mass is 16.5. The van der Waals surface area contributed by atoms with E-state index < -0.39 is 0 Å². The number of carbonyl (C=O) groups is 1. The molecule has 3 heteroatoms. The van der Waals surface area contributed by atoms with E-state index in [2.05, 4.69) is 27.7 Å². The van der Waals surface area contributed by atoms with Crippen molar-refractivity contribution < 1.29 is 9.53 Å². The summed E-state index contributed by atoms with van der Waals surface area (Å²) in [5.74, 6) is 0.496. The van der Waals surface area contributed by atoms with Crippen molar-refractivity contribution in [2.24, 2.45) is 23.5 Å². The van der Waals surface area contributed by atoms with Crippen LogP contribution in [-0.2, 0) is 9.53 Å². The van der Waals surface area contributed by atoms with Crippen molar-refractivity contribution >= 4 is 5.78 Å². The summed E-state index contributed by atoms with van der Waals surface area (Å²) in [7, 11) is 0. The summed E-state index contributed by atoms with van der Waals surface area (Å²) in [4.78, 5) is 12.6. The Bertz CT molecular complexity index is 295. The van der Waals surface area contributed by atoms with Crippen molar-refractivity contribution in [1.82, 2.24) is 0 Å². The van der Waals surface area contributed by atoms with Crippen LogP contribution in [0, 0.1) is 17.8 Å². The first-order valence-corrected chi connectivity index (χ1v) is 6.54. The first-order chi connectivity index (χ1) is 7.60. The molecule has 0 aromatic carbocycles. The summed E-state index contributed by atoms with van der Waals surface area (Å²) in [6, 6.07) is 0. The number of hydrogen-bond donors (Lipinski definition) is 1. The fourth-order valence-electron chi connectivity index (χ4n) is 2.98. The predicted molar refractivity (Wildman–Crippen MR) is 69.7 cm³/mol. The first kappa shape index (κ1) is 14.7. The largest absolute Gasteiger partial charge is 0.369 e. The molecule has 100 valence electrons. The number of nitrogens with two attached hydrogens (primary N) is 1. The molecule has 17 heavy (non-hydrogen) atoms. The maximum Gasteiger partial charge on any atom is 0.143 e. The van der Waals surface area contributed by atoms with Crippen molar-refractivity contribution in [3.05, 3.63) is 0 Å². The summed E-state index contributed by atoms with van der Waals surface area (Å²) < 4.78 is 5.98. The molecule has 3 nitrogen and oxygen atoms in total. The van der Waals surface area contributed by atoms with E-state index in [1.807, 2.05) is 13.8 Å². The highest BCUT2D eigenvalue weighted by Crippen LogP contribution is 2.43. The molecule has 2 unspecified atom stereocenters. The zero-order valence-corrected chi connectivity index (χ0v) is 12.0. The third-order valence-electron chi connectivity index (χ3n) is 3.84. The van der Waals surface area contributed by atoms with Gasteiger partial charge >= 0.3 is 0 Å². The van der Waals surface area contributed by atoms with Gasteiger partial charge in [0.1, 0.15) is 5.78 Å². The molecule has 1 saturated heterocycles. The topological polar surface area (TPSA) is 52.3 Å². The molecule has 0 amide bonds. The van der Waals surface area contributed by atoms with Crippen LogP contribution in [0.25, 0.3) is 0 Å². The molecule has 1 rings (SSSR count). The average molecular weight is 241 g/mol. The second-order valence-corrected chi connectivity index (χ2v) is 6.71. The lowest BCUT2D eigenvalue weighted by Gasteiger charge is -2.29. The number of ether oxygens (including phenoxy) is 1. The molecule has 0 aromatic rings. The lowest BCUT2D eigenvalue weighted by atomic mass is 9.76. The third-order valence-corrected chi connectivity index (χ3v) is 3.84. The fraction of sp³-hybridized carbons (Fsp3) is 0.929. The Balaban J connectivity index is 2.89. The zero-order valence-electron chi connectivity index (χ0n) is 12.0. The van der Waals surface area contributed by atoms with Crippen LogP contribution in [0.15, 0.2) is 0 Å². The van der Waals surface area contributed by atoms with Crippen molar-refractivity contribution in [1.29, 1.82) is 0 Å². The summed E-state index contributed by atoms with van der Waals surface area (Å²) in [5, 5.41) is 0. The van der Waals surface area contributed by atoms with Gasteiger partial charge in [0.15, 0.2) is 0 Å². The summed E-state index contributed by atoms with van der Waals surface area (Å²) in [6.45, 7) is 12.7. The molecule has 0 aromatic heterocycles. The van der Waals surface area contributed by atoms with E-state index in [0.29, 0.717) is 12.5 Å². The van der Waals surface area contributed by atoms with Gasteiger partial charge in [-0.1, -0.05) is 13.8 Å². The van der Waals surface area contributed by atoms with E-state index in [1.54, 1.807) is 0 Å². The molecule has 1 aliphatic heterocycles. The second kappa shape index (κ2) is 4.69. The molecular formula is C14H27NO2. The van der Waals surface area contributed by atoms with Gasteiger partial charge in [-0.15, -0.1) is 0 Å². The summed E-state index contributed by atoms with van der Waals surface area (Å²) in [6.07, 6.45) is 0.794. The maximum atomic E-state index is 12.6. The van der Waals surface area contributed by atoms with Gasteiger partial charge in [0, 0.05) is 18.4 Å². The number of carbonyl (C=O) groups excluding carboxylic acids is 1. The smallest absolute Gasteiger partial charge is 0.143 e. The summed E-state index contributed by atoms with van der Waals surface area (Å²) >= 11 is 0. The normalized spacial score (nSPS) is 28.4. The number of hydrogen-bond acceptors (Lipinski definition) is 3. The molecule has 0 radical (unpaired) electrons. The number of Topliss-reactive ketones (excluding diaryl/α,β-unsaturated/α-hetero) is 1. The predicted octanol–water partition coefficient (Wildman–Crippen LogP) is 2.38. The van der Waals surface area contributed by atoms with E-state index in [4.69, 9.17) is 10.5 Å². The molecule has 1 fully saturated rings. The highest BCUT2D eigenvalue weighted by Gasteiger charge is 2.50. The molecular weight excluding hydrogens is 214 g/mol. The zero-order chi connectivity index (χ0) is 13.4. The monoisotopic (exact) mass is 241 g/mol. The molecule has 2 N–H and O–H groups in total. The minimum atomic E-state index is -0.372. The highest BCUT2D eigenvalue weighted by molar-refractivity contribution is 5.85. The molecule has 2 atom stereocenters. The molecule has 0 aliphatic carbocycles. The lowest BCUT2D eigenvalue weighted by molar-refractivity contribution is -0.134. The van der Waals surface area contributed by atoms with Crippen molar-refractivity contribution in [2.75, 3.05) is 6.54 Å². The summed E-state index contributed by atoms with van der Waals surface area (Å²) in [5.41, 5.74) is 5.16. The maximum absolute atomic E-state index is 12.6. The van der Waals surface area contributed by atoms with Gasteiger partial charge < -0.3 is 10.5 Å². The molecule has 0 bridgehead atoms. The van der Waals surface area contributed by atoms with Crippen LogP contribution in [0.5, 0.6) is 0 Å². The minimum Gasteiger partial charge on any atom is -0.369 e. The number of ketones is 1. The van der Waals surface area contributed by atoms with Gasteiger partial charge in [0.05, 0.1) is 11.2 Å². The molecule has 0 spiro atoms. The Morgan fingerprint density at radius 1 is 1.35 bits per heavy atom. The minimum absolute atomic E-state index is 0.0338. The molecule has 0 saturated carbocycles. The van der Waals surface area contributed by atoms with Gasteiger partial charge in [-0.25, -0.2) is 0 Å². The van der Waals surface area contributed by atoms with Crippen molar-refractivity contribution in [3.8, 4) is 0 Å². The SMILES string of the molecule is CC(C)C(CN)C(=O)C1CC(C)(C)OC1(C)C. The van der Waals surface area contributed by atoms with Crippen LogP contribution >= 0.6 is 0 Å². The van der Waals surface area contributed by atoms with Gasteiger partial charge in [0.2, 0.25) is 0 Å². The van der Waals surface area contributed by atoms with Gasteiger partial charge in [-0.3, -0.25) is 4.79 Å². The van der Waals surface area contributed by atoms with Gasteiger partial charge in [-0.2, -0.15) is 0 Å². The van der Waals surface area contributed by atoms with E-state index >= 15 is 0 Å². The lowest BCUT2D eigenvalue weighted by Crippen LogP contribution is -2.40. The van der Waals surface area contributed by atoms with Crippen LogP contribution in [0.4, 0.5) is 0 Å². The standard InChI is InChI=1S/C14H27NO2/c1-9(2)10(8-15)12(16)11-7-13(3,4)17-14(11,5)6/h9-11H,7-8,15H2,1-6H3. The molecule has 1 aliphatic rings. The van der Waals surface area contributed by atoms with Gasteiger partial charge in [-0.05, 0) is 40.0 Å². The Hall–Kier alpha value is -0.410. The van der Waals surface area contributed by atoms with Crippen molar-refractivity contribution in [2.45, 2.75) is 59.2 Å². The van der Waals surface area contributed by atoms with E-state index in [1.165, 1.54) is 0 Å². The van der Waals surface area contributed by atoms with E-state index in [0.717, 1.165) is 6.42 Å². The Labute approximate surface area is 105 Å². The van der Waals surface area contributed by atoms with Crippen LogP contribution in [0.2, 0.25) is 0 Å². The Morgan fingerprint density at radius 3 is 2.18 bits per heavy atom. The average Bonchev–Trinajstić information content (AvgIpc) is 2.34. The van der Waals surface area contributed by atoms with E-state index in [9.17, 15) is 4.79 Å². The number of rotatable bonds is 4. The quantitative estimate of drug-likeness (QED) is 0.822. The third kappa shape index (κ3) is 3.08. The van der Waals surface area contributed by atoms with Crippen molar-refractivity contribution in [3.63, 3.8) is 0 Å². The Morgan fingerprint density at radius 2 is 1.88 bits per heavy atom.